The van der Waals surface area contributed by atoms with Crippen LogP contribution in [-0.2, 0) is 4.74 Å². The third kappa shape index (κ3) is 5.07. The van der Waals surface area contributed by atoms with Crippen molar-refractivity contribution in [2.45, 2.75) is 0 Å². The molecule has 0 bridgehead atoms. The number of ether oxygens (including phenoxy) is 1. The number of nitrogens with one attached hydrogen (secondary N) is 2. The molecule has 1 fully saturated rings. The van der Waals surface area contributed by atoms with Crippen molar-refractivity contribution in [1.29, 1.82) is 0 Å². The molecule has 0 aromatic heterocycles. The fourth-order valence-corrected chi connectivity index (χ4v) is 3.57. The summed E-state index contributed by atoms with van der Waals surface area (Å²) in [6.45, 7) is 1.90. The van der Waals surface area contributed by atoms with Crippen LogP contribution in [0.5, 0.6) is 0 Å². The van der Waals surface area contributed by atoms with Crippen LogP contribution in [0.2, 0.25) is 0 Å². The van der Waals surface area contributed by atoms with Crippen LogP contribution in [0.1, 0.15) is 10.4 Å². The molecule has 158 valence electrons. The van der Waals surface area contributed by atoms with Crippen LogP contribution < -0.4 is 15.5 Å². The second kappa shape index (κ2) is 9.41. The van der Waals surface area contributed by atoms with Crippen molar-refractivity contribution < 1.29 is 23.2 Å². The minimum atomic E-state index is -0.913. The summed E-state index contributed by atoms with van der Waals surface area (Å²) in [4.78, 5) is 25.2. The lowest BCUT2D eigenvalue weighted by Crippen LogP contribution is -2.37. The molecule has 1 aliphatic rings. The van der Waals surface area contributed by atoms with E-state index in [4.69, 9.17) is 17.0 Å². The molecule has 1 saturated heterocycles. The van der Waals surface area contributed by atoms with Crippen molar-refractivity contribution in [3.05, 3.63) is 62.1 Å². The molecule has 8 nitrogen and oxygen atoms in total. The first-order chi connectivity index (χ1) is 14.3. The minimum Gasteiger partial charge on any atom is -0.378 e. The lowest BCUT2D eigenvalue weighted by molar-refractivity contribution is -0.384. The van der Waals surface area contributed by atoms with E-state index < -0.39 is 22.5 Å². The smallest absolute Gasteiger partial charge is 0.293 e. The molecule has 1 aliphatic heterocycles. The third-order valence-corrected chi connectivity index (χ3v) is 5.09. The van der Waals surface area contributed by atoms with Gasteiger partial charge in [-0.05, 0) is 46.3 Å². The van der Waals surface area contributed by atoms with E-state index in [9.17, 15) is 23.7 Å². The monoisotopic (exact) mass is 500 g/mol. The van der Waals surface area contributed by atoms with Crippen LogP contribution in [0.4, 0.5) is 25.8 Å². The number of benzene rings is 2. The third-order valence-electron chi connectivity index (χ3n) is 4.26. The van der Waals surface area contributed by atoms with E-state index in [1.165, 1.54) is 12.1 Å². The number of rotatable bonds is 4. The molecular weight excluding hydrogens is 486 g/mol. The van der Waals surface area contributed by atoms with Crippen molar-refractivity contribution >= 4 is 56.2 Å². The van der Waals surface area contributed by atoms with Gasteiger partial charge < -0.3 is 15.0 Å². The predicted molar refractivity (Wildman–Crippen MR) is 114 cm³/mol. The number of nitrogens with zero attached hydrogens (tertiary/aromatic N) is 2. The van der Waals surface area contributed by atoms with E-state index in [-0.39, 0.29) is 26.5 Å². The van der Waals surface area contributed by atoms with E-state index >= 15 is 0 Å². The number of hydrogen-bond acceptors (Lipinski definition) is 6. The van der Waals surface area contributed by atoms with Gasteiger partial charge in [-0.1, -0.05) is 0 Å². The lowest BCUT2D eigenvalue weighted by atomic mass is 10.1. The first kappa shape index (κ1) is 22.0. The molecule has 2 aromatic carbocycles. The number of nitro groups is 1. The number of carbonyl (C=O) groups is 1. The molecule has 1 heterocycles. The van der Waals surface area contributed by atoms with Crippen LogP contribution in [0, 0.1) is 21.7 Å². The van der Waals surface area contributed by atoms with Gasteiger partial charge in [0.15, 0.2) is 10.9 Å². The van der Waals surface area contributed by atoms with Gasteiger partial charge in [-0.2, -0.15) is 0 Å². The van der Waals surface area contributed by atoms with Gasteiger partial charge in [-0.15, -0.1) is 0 Å². The van der Waals surface area contributed by atoms with E-state index in [1.807, 2.05) is 4.90 Å². The van der Waals surface area contributed by atoms with E-state index in [0.29, 0.717) is 38.1 Å². The van der Waals surface area contributed by atoms with Gasteiger partial charge in [0.05, 0.1) is 23.8 Å². The highest BCUT2D eigenvalue weighted by atomic mass is 79.9. The average molecular weight is 501 g/mol. The van der Waals surface area contributed by atoms with Crippen molar-refractivity contribution in [2.75, 3.05) is 36.5 Å². The molecule has 30 heavy (non-hydrogen) atoms. The average Bonchev–Trinajstić information content (AvgIpc) is 2.70. The number of nitro benzene ring substituents is 1. The van der Waals surface area contributed by atoms with Gasteiger partial charge in [0.1, 0.15) is 11.5 Å². The zero-order chi connectivity index (χ0) is 21.8. The van der Waals surface area contributed by atoms with Crippen LogP contribution in [-0.4, -0.2) is 42.2 Å². The highest BCUT2D eigenvalue weighted by molar-refractivity contribution is 9.10. The summed E-state index contributed by atoms with van der Waals surface area (Å²) in [5.74, 6) is -2.42. The van der Waals surface area contributed by atoms with Gasteiger partial charge >= 0.3 is 0 Å². The zero-order valence-electron chi connectivity index (χ0n) is 15.3. The van der Waals surface area contributed by atoms with Crippen LogP contribution >= 0.6 is 28.1 Å². The summed E-state index contributed by atoms with van der Waals surface area (Å²) in [7, 11) is 0. The van der Waals surface area contributed by atoms with Crippen molar-refractivity contribution in [3.63, 3.8) is 0 Å². The first-order valence-corrected chi connectivity index (χ1v) is 9.84. The van der Waals surface area contributed by atoms with Crippen LogP contribution in [0.25, 0.3) is 0 Å². The van der Waals surface area contributed by atoms with Crippen molar-refractivity contribution in [2.24, 2.45) is 0 Å². The number of thiocarbonyl (C=S) groups is 1. The van der Waals surface area contributed by atoms with Crippen molar-refractivity contribution in [3.8, 4) is 0 Å². The van der Waals surface area contributed by atoms with E-state index in [1.54, 1.807) is 0 Å². The molecular formula is C18H15BrF2N4O4S. The molecule has 2 aromatic rings. The van der Waals surface area contributed by atoms with Gasteiger partial charge in [0.25, 0.3) is 11.6 Å². The van der Waals surface area contributed by atoms with E-state index in [2.05, 4.69) is 26.6 Å². The summed E-state index contributed by atoms with van der Waals surface area (Å²) in [5.41, 5.74) is 0.00506. The van der Waals surface area contributed by atoms with E-state index in [0.717, 1.165) is 12.1 Å². The molecule has 12 heteroatoms. The molecule has 0 aliphatic carbocycles. The van der Waals surface area contributed by atoms with Gasteiger partial charge in [-0.3, -0.25) is 20.2 Å². The molecule has 0 spiro atoms. The maximum atomic E-state index is 13.9. The summed E-state index contributed by atoms with van der Waals surface area (Å²) >= 11 is 8.00. The number of halogens is 3. The number of amides is 1. The maximum absolute atomic E-state index is 13.9. The topological polar surface area (TPSA) is 96.7 Å². The molecule has 3 rings (SSSR count). The molecule has 0 atom stereocenters. The summed E-state index contributed by atoms with van der Waals surface area (Å²) < 4.78 is 32.4. The minimum absolute atomic E-state index is 0.00139. The highest BCUT2D eigenvalue weighted by Gasteiger charge is 2.23. The standard InChI is InChI=1S/C18H15BrF2N4O4S/c19-12-8-11(20)9-13(21)16(12)22-18(30)23-17(26)10-1-2-14(15(7-10)25(27)28)24-3-5-29-6-4-24/h1-2,7-9H,3-6H2,(H2,22,23,26,30). The molecule has 2 N–H and O–H groups in total. The number of hydrogen-bond donors (Lipinski definition) is 2. The Morgan fingerprint density at radius 3 is 2.57 bits per heavy atom. The normalized spacial score (nSPS) is 13.6. The summed E-state index contributed by atoms with van der Waals surface area (Å²) in [6, 6.07) is 5.77. The molecule has 0 saturated carbocycles. The predicted octanol–water partition coefficient (Wildman–Crippen LogP) is 3.60. The fourth-order valence-electron chi connectivity index (χ4n) is 2.86. The second-order valence-electron chi connectivity index (χ2n) is 6.21. The summed E-state index contributed by atoms with van der Waals surface area (Å²) in [5, 5.41) is 16.0. The largest absolute Gasteiger partial charge is 0.378 e. The Hall–Kier alpha value is -2.70. The number of carbonyl (C=O) groups excluding carboxylic acids is 1. The Kier molecular flexibility index (Phi) is 6.90. The number of anilines is 2. The Morgan fingerprint density at radius 1 is 1.23 bits per heavy atom. The van der Waals surface area contributed by atoms with Gasteiger partial charge in [-0.25, -0.2) is 8.78 Å². The summed E-state index contributed by atoms with van der Waals surface area (Å²) in [6.07, 6.45) is 0. The Bertz CT molecular complexity index is 995. The quantitative estimate of drug-likeness (QED) is 0.376. The molecule has 0 radical (unpaired) electrons. The number of morpholine rings is 1. The van der Waals surface area contributed by atoms with Gasteiger partial charge in [0, 0.05) is 35.3 Å². The Labute approximate surface area is 183 Å². The Morgan fingerprint density at radius 2 is 1.93 bits per heavy atom. The molecule has 0 unspecified atom stereocenters. The van der Waals surface area contributed by atoms with Crippen LogP contribution in [0.15, 0.2) is 34.8 Å². The Balaban J connectivity index is 1.75. The SMILES string of the molecule is O=C(NC(=S)Nc1c(F)cc(F)cc1Br)c1ccc(N2CCOCC2)c([N+](=O)[O-])c1. The lowest BCUT2D eigenvalue weighted by Gasteiger charge is -2.28. The highest BCUT2D eigenvalue weighted by Crippen LogP contribution is 2.30. The van der Waals surface area contributed by atoms with Crippen LogP contribution in [0.3, 0.4) is 0 Å². The van der Waals surface area contributed by atoms with Crippen molar-refractivity contribution in [1.82, 2.24) is 5.32 Å². The fraction of sp³-hybridized carbons (Fsp3) is 0.222. The first-order valence-electron chi connectivity index (χ1n) is 8.64. The second-order valence-corrected chi connectivity index (χ2v) is 7.48. The molecule has 1 amide bonds. The van der Waals surface area contributed by atoms with Gasteiger partial charge in [0.2, 0.25) is 0 Å². The maximum Gasteiger partial charge on any atom is 0.293 e. The zero-order valence-corrected chi connectivity index (χ0v) is 17.7.